The van der Waals surface area contributed by atoms with Gasteiger partial charge in [-0.1, -0.05) is 23.4 Å². The van der Waals surface area contributed by atoms with Crippen LogP contribution in [0.2, 0.25) is 5.02 Å². The van der Waals surface area contributed by atoms with Crippen molar-refractivity contribution in [2.24, 2.45) is 0 Å². The highest BCUT2D eigenvalue weighted by Gasteiger charge is 2.16. The molecular weight excluding hydrogens is 400 g/mol. The van der Waals surface area contributed by atoms with Gasteiger partial charge in [-0.25, -0.2) is 19.4 Å². The second-order valence-corrected chi connectivity index (χ2v) is 7.16. The molecule has 0 saturated carbocycles. The highest BCUT2D eigenvalue weighted by Crippen LogP contribution is 2.20. The van der Waals surface area contributed by atoms with Crippen LogP contribution in [0.3, 0.4) is 0 Å². The normalized spacial score (nSPS) is 10.7. The van der Waals surface area contributed by atoms with Crippen molar-refractivity contribution in [3.63, 3.8) is 0 Å². The molecule has 3 aromatic rings. The molecule has 0 atom stereocenters. The number of thioether (sulfide) groups is 1. The molecule has 0 unspecified atom stereocenters. The van der Waals surface area contributed by atoms with Gasteiger partial charge in [0, 0.05) is 22.8 Å². The van der Waals surface area contributed by atoms with Crippen LogP contribution in [0.1, 0.15) is 33.3 Å². The average Bonchev–Trinajstić information content (AvgIpc) is 3.09. The predicted molar refractivity (Wildman–Crippen MR) is 106 cm³/mol. The van der Waals surface area contributed by atoms with Gasteiger partial charge in [0.1, 0.15) is 16.9 Å². The molecule has 0 amide bonds. The van der Waals surface area contributed by atoms with Gasteiger partial charge in [0.25, 0.3) is 0 Å². The fourth-order valence-corrected chi connectivity index (χ4v) is 3.26. The Morgan fingerprint density at radius 1 is 1.21 bits per heavy atom. The predicted octanol–water partition coefficient (Wildman–Crippen LogP) is 3.78. The molecule has 2 aromatic heterocycles. The number of nitrogens with zero attached hydrogens (tertiary/aromatic N) is 4. The molecule has 7 nitrogen and oxygen atoms in total. The van der Waals surface area contributed by atoms with E-state index in [1.807, 2.05) is 0 Å². The van der Waals surface area contributed by atoms with Gasteiger partial charge >= 0.3 is 5.97 Å². The van der Waals surface area contributed by atoms with Crippen LogP contribution in [0, 0.1) is 6.92 Å². The molecule has 144 valence electrons. The average molecular weight is 417 g/mol. The van der Waals surface area contributed by atoms with Crippen LogP contribution in [0.15, 0.2) is 47.9 Å². The number of halogens is 1. The van der Waals surface area contributed by atoms with Gasteiger partial charge in [0.15, 0.2) is 11.6 Å². The molecule has 0 aliphatic heterocycles. The first-order valence-electron chi connectivity index (χ1n) is 8.45. The summed E-state index contributed by atoms with van der Waals surface area (Å²) in [6.45, 7) is 3.76. The molecule has 1 aromatic carbocycles. The fraction of sp³-hybridized carbons (Fsp3) is 0.211. The summed E-state index contributed by atoms with van der Waals surface area (Å²) in [6, 6.07) is 8.47. The zero-order chi connectivity index (χ0) is 20.1. The minimum atomic E-state index is -0.427. The number of esters is 1. The van der Waals surface area contributed by atoms with E-state index in [2.05, 4.69) is 15.1 Å². The first-order chi connectivity index (χ1) is 13.5. The molecule has 3 rings (SSSR count). The SMILES string of the molecule is CCOC(=O)c1cn(-c2cc(SCC(=O)c3ccc(Cl)cc3)ncn2)nc1C. The first kappa shape index (κ1) is 20.0. The summed E-state index contributed by atoms with van der Waals surface area (Å²) < 4.78 is 6.52. The Balaban J connectivity index is 1.72. The third-order valence-corrected chi connectivity index (χ3v) is 4.95. The Morgan fingerprint density at radius 3 is 2.68 bits per heavy atom. The molecule has 0 saturated heterocycles. The van der Waals surface area contributed by atoms with E-state index in [9.17, 15) is 9.59 Å². The van der Waals surface area contributed by atoms with Crippen molar-refractivity contribution in [2.75, 3.05) is 12.4 Å². The van der Waals surface area contributed by atoms with E-state index >= 15 is 0 Å². The van der Waals surface area contributed by atoms with Gasteiger partial charge in [-0.3, -0.25) is 4.79 Å². The molecule has 0 N–H and O–H groups in total. The molecule has 0 fully saturated rings. The summed E-state index contributed by atoms with van der Waals surface area (Å²) >= 11 is 7.14. The van der Waals surface area contributed by atoms with E-state index < -0.39 is 5.97 Å². The van der Waals surface area contributed by atoms with E-state index in [0.29, 0.717) is 39.3 Å². The topological polar surface area (TPSA) is 87.0 Å². The van der Waals surface area contributed by atoms with Crippen molar-refractivity contribution in [1.82, 2.24) is 19.7 Å². The van der Waals surface area contributed by atoms with Crippen molar-refractivity contribution in [3.05, 3.63) is 64.7 Å². The summed E-state index contributed by atoms with van der Waals surface area (Å²) in [7, 11) is 0. The van der Waals surface area contributed by atoms with E-state index in [0.717, 1.165) is 0 Å². The number of hydrogen-bond donors (Lipinski definition) is 0. The van der Waals surface area contributed by atoms with Crippen LogP contribution >= 0.6 is 23.4 Å². The van der Waals surface area contributed by atoms with E-state index in [1.165, 1.54) is 22.8 Å². The molecular formula is C19H17ClN4O3S. The number of Topliss-reactive ketones (excluding diaryl/α,β-unsaturated/α-hetero) is 1. The minimum Gasteiger partial charge on any atom is -0.462 e. The van der Waals surface area contributed by atoms with Crippen molar-refractivity contribution in [1.29, 1.82) is 0 Å². The lowest BCUT2D eigenvalue weighted by atomic mass is 10.1. The highest BCUT2D eigenvalue weighted by atomic mass is 35.5. The van der Waals surface area contributed by atoms with Gasteiger partial charge in [0.2, 0.25) is 0 Å². The van der Waals surface area contributed by atoms with Gasteiger partial charge in [-0.15, -0.1) is 0 Å². The Morgan fingerprint density at radius 2 is 1.96 bits per heavy atom. The number of aromatic nitrogens is 4. The summed E-state index contributed by atoms with van der Waals surface area (Å²) in [5, 5.41) is 5.52. The summed E-state index contributed by atoms with van der Waals surface area (Å²) in [5.41, 5.74) is 1.52. The van der Waals surface area contributed by atoms with Crippen LogP contribution in [0.5, 0.6) is 0 Å². The third kappa shape index (κ3) is 4.76. The quantitative estimate of drug-likeness (QED) is 0.250. The van der Waals surface area contributed by atoms with Crippen LogP contribution in [0.4, 0.5) is 0 Å². The Kier molecular flexibility index (Phi) is 6.43. The Hall–Kier alpha value is -2.71. The van der Waals surface area contributed by atoms with E-state index in [4.69, 9.17) is 16.3 Å². The van der Waals surface area contributed by atoms with Crippen molar-refractivity contribution in [2.45, 2.75) is 18.9 Å². The molecule has 2 heterocycles. The van der Waals surface area contributed by atoms with Crippen LogP contribution in [0.25, 0.3) is 5.82 Å². The largest absolute Gasteiger partial charge is 0.462 e. The van der Waals surface area contributed by atoms with E-state index in [-0.39, 0.29) is 11.5 Å². The molecule has 28 heavy (non-hydrogen) atoms. The maximum absolute atomic E-state index is 12.3. The first-order valence-corrected chi connectivity index (χ1v) is 9.81. The number of ether oxygens (including phenoxy) is 1. The maximum Gasteiger partial charge on any atom is 0.341 e. The Labute approximate surface area is 171 Å². The highest BCUT2D eigenvalue weighted by molar-refractivity contribution is 7.99. The minimum absolute atomic E-state index is 0.0265. The van der Waals surface area contributed by atoms with Gasteiger partial charge in [-0.2, -0.15) is 5.10 Å². The van der Waals surface area contributed by atoms with Gasteiger partial charge in [0.05, 0.1) is 18.1 Å². The lowest BCUT2D eigenvalue weighted by Gasteiger charge is -2.04. The third-order valence-electron chi connectivity index (χ3n) is 3.77. The summed E-state index contributed by atoms with van der Waals surface area (Å²) in [5.74, 6) is 0.268. The molecule has 0 bridgehead atoms. The number of rotatable bonds is 7. The zero-order valence-electron chi connectivity index (χ0n) is 15.3. The van der Waals surface area contributed by atoms with Crippen LogP contribution < -0.4 is 0 Å². The van der Waals surface area contributed by atoms with Crippen molar-refractivity contribution >= 4 is 35.1 Å². The molecule has 0 spiro atoms. The number of carbonyl (C=O) groups is 2. The zero-order valence-corrected chi connectivity index (χ0v) is 16.8. The van der Waals surface area contributed by atoms with E-state index in [1.54, 1.807) is 50.4 Å². The number of benzene rings is 1. The molecule has 0 aliphatic carbocycles. The number of hydrogen-bond acceptors (Lipinski definition) is 7. The lowest BCUT2D eigenvalue weighted by Crippen LogP contribution is -2.05. The molecule has 9 heteroatoms. The second-order valence-electron chi connectivity index (χ2n) is 5.73. The fourth-order valence-electron chi connectivity index (χ4n) is 2.38. The van der Waals surface area contributed by atoms with Gasteiger partial charge in [-0.05, 0) is 38.1 Å². The lowest BCUT2D eigenvalue weighted by molar-refractivity contribution is 0.0525. The second kappa shape index (κ2) is 8.99. The number of carbonyl (C=O) groups excluding carboxylic acids is 2. The Bertz CT molecular complexity index is 1000. The van der Waals surface area contributed by atoms with Crippen LogP contribution in [-0.2, 0) is 4.74 Å². The number of ketones is 1. The molecule has 0 aliphatic rings. The van der Waals surface area contributed by atoms with Crippen LogP contribution in [-0.4, -0.2) is 43.9 Å². The smallest absolute Gasteiger partial charge is 0.341 e. The standard InChI is InChI=1S/C19H17ClN4O3S/c1-3-27-19(26)15-9-24(23-12(15)2)17-8-18(22-11-21-17)28-10-16(25)13-4-6-14(20)7-5-13/h4-9,11H,3,10H2,1-2H3. The summed E-state index contributed by atoms with van der Waals surface area (Å²) in [4.78, 5) is 32.6. The molecule has 0 radical (unpaired) electrons. The maximum atomic E-state index is 12.3. The number of aryl methyl sites for hydroxylation is 1. The van der Waals surface area contributed by atoms with Crippen molar-refractivity contribution < 1.29 is 14.3 Å². The monoisotopic (exact) mass is 416 g/mol. The van der Waals surface area contributed by atoms with Gasteiger partial charge < -0.3 is 4.74 Å². The van der Waals surface area contributed by atoms with Crippen molar-refractivity contribution in [3.8, 4) is 5.82 Å². The summed E-state index contributed by atoms with van der Waals surface area (Å²) in [6.07, 6.45) is 2.97.